The number of rotatable bonds is 6. The number of aryl methyl sites for hydroxylation is 1. The Morgan fingerprint density at radius 3 is 2.90 bits per heavy atom. The van der Waals surface area contributed by atoms with Gasteiger partial charge in [0.1, 0.15) is 5.82 Å². The van der Waals surface area contributed by atoms with E-state index in [-0.39, 0.29) is 5.56 Å². The monoisotopic (exact) mass is 280 g/mol. The van der Waals surface area contributed by atoms with Gasteiger partial charge >= 0.3 is 0 Å². The molecule has 1 atom stereocenters. The fourth-order valence-electron chi connectivity index (χ4n) is 2.21. The summed E-state index contributed by atoms with van der Waals surface area (Å²) in [6.45, 7) is 2.90. The molecule has 0 aliphatic carbocycles. The number of aromatic nitrogens is 2. The number of halogens is 2. The molecular weight excluding hydrogens is 262 g/mol. The van der Waals surface area contributed by atoms with Crippen LogP contribution in [0.2, 0.25) is 0 Å². The lowest BCUT2D eigenvalue weighted by atomic mass is 10.0. The third-order valence-corrected chi connectivity index (χ3v) is 3.21. The first kappa shape index (κ1) is 14.6. The highest BCUT2D eigenvalue weighted by Crippen LogP contribution is 2.22. The van der Waals surface area contributed by atoms with Crippen LogP contribution >= 0.6 is 0 Å². The molecule has 20 heavy (non-hydrogen) atoms. The Balaban J connectivity index is 2.24. The van der Waals surface area contributed by atoms with E-state index >= 15 is 0 Å². The van der Waals surface area contributed by atoms with Gasteiger partial charge in [0.2, 0.25) is 0 Å². The number of nitrogens with two attached hydrogens (primary N) is 1. The van der Waals surface area contributed by atoms with E-state index < -0.39 is 17.7 Å². The zero-order valence-electron chi connectivity index (χ0n) is 11.3. The summed E-state index contributed by atoms with van der Waals surface area (Å²) in [5, 5.41) is 0. The molecule has 1 unspecified atom stereocenters. The van der Waals surface area contributed by atoms with Gasteiger partial charge in [-0.1, -0.05) is 19.1 Å². The average molecular weight is 280 g/mol. The number of imidazole rings is 1. The molecule has 0 amide bonds. The van der Waals surface area contributed by atoms with Crippen LogP contribution in [0, 0.1) is 11.6 Å². The Labute approximate surface area is 116 Å². The summed E-state index contributed by atoms with van der Waals surface area (Å²) in [7, 11) is 0. The SMILES string of the molecule is CCCn1ccnc1CC(NN)c1cccc(F)c1F. The van der Waals surface area contributed by atoms with E-state index in [1.165, 1.54) is 12.1 Å². The van der Waals surface area contributed by atoms with E-state index in [1.54, 1.807) is 6.20 Å². The minimum Gasteiger partial charge on any atom is -0.335 e. The second-order valence-electron chi connectivity index (χ2n) is 4.60. The molecule has 0 saturated heterocycles. The van der Waals surface area contributed by atoms with Crippen molar-refractivity contribution in [3.8, 4) is 0 Å². The fraction of sp³-hybridized carbons (Fsp3) is 0.357. The van der Waals surface area contributed by atoms with Crippen molar-refractivity contribution >= 4 is 0 Å². The standard InChI is InChI=1S/C14H18F2N4/c1-2-7-20-8-6-18-13(20)9-12(19-17)10-4-3-5-11(15)14(10)16/h3-6,8,12,19H,2,7,9,17H2,1H3. The first-order chi connectivity index (χ1) is 9.67. The van der Waals surface area contributed by atoms with Crippen LogP contribution in [-0.4, -0.2) is 9.55 Å². The highest BCUT2D eigenvalue weighted by molar-refractivity contribution is 5.23. The molecule has 0 saturated carbocycles. The molecule has 0 aliphatic rings. The molecule has 0 bridgehead atoms. The molecule has 3 N–H and O–H groups in total. The van der Waals surface area contributed by atoms with E-state index in [0.717, 1.165) is 24.9 Å². The van der Waals surface area contributed by atoms with Crippen LogP contribution < -0.4 is 11.3 Å². The molecule has 0 fully saturated rings. The van der Waals surface area contributed by atoms with Gasteiger partial charge in [0, 0.05) is 30.9 Å². The van der Waals surface area contributed by atoms with Crippen LogP contribution in [0.3, 0.4) is 0 Å². The molecule has 0 radical (unpaired) electrons. The van der Waals surface area contributed by atoms with Crippen molar-refractivity contribution < 1.29 is 8.78 Å². The molecule has 1 aromatic heterocycles. The Bertz CT molecular complexity index is 568. The first-order valence-electron chi connectivity index (χ1n) is 6.57. The Hall–Kier alpha value is -1.79. The molecule has 6 heteroatoms. The lowest BCUT2D eigenvalue weighted by molar-refractivity contribution is 0.455. The molecule has 4 nitrogen and oxygen atoms in total. The fourth-order valence-corrected chi connectivity index (χ4v) is 2.21. The number of benzene rings is 1. The molecule has 0 aliphatic heterocycles. The van der Waals surface area contributed by atoms with Crippen LogP contribution in [0.4, 0.5) is 8.78 Å². The Morgan fingerprint density at radius 1 is 1.40 bits per heavy atom. The summed E-state index contributed by atoms with van der Waals surface area (Å²) in [6, 6.07) is 3.56. The summed E-state index contributed by atoms with van der Waals surface area (Å²) in [5.41, 5.74) is 2.74. The zero-order valence-corrected chi connectivity index (χ0v) is 11.3. The highest BCUT2D eigenvalue weighted by Gasteiger charge is 2.19. The number of nitrogens with zero attached hydrogens (tertiary/aromatic N) is 2. The van der Waals surface area contributed by atoms with E-state index in [9.17, 15) is 8.78 Å². The number of hydrogen-bond acceptors (Lipinski definition) is 3. The van der Waals surface area contributed by atoms with Gasteiger partial charge in [0.15, 0.2) is 11.6 Å². The summed E-state index contributed by atoms with van der Waals surface area (Å²) < 4.78 is 29.1. The second kappa shape index (κ2) is 6.58. The summed E-state index contributed by atoms with van der Waals surface area (Å²) in [6.07, 6.45) is 4.93. The maximum atomic E-state index is 13.8. The van der Waals surface area contributed by atoms with Crippen LogP contribution in [0.1, 0.15) is 30.8 Å². The van der Waals surface area contributed by atoms with Crippen molar-refractivity contribution in [3.63, 3.8) is 0 Å². The largest absolute Gasteiger partial charge is 0.335 e. The van der Waals surface area contributed by atoms with Crippen molar-refractivity contribution in [3.05, 3.63) is 53.6 Å². The van der Waals surface area contributed by atoms with Gasteiger partial charge in [-0.15, -0.1) is 0 Å². The Morgan fingerprint density at radius 2 is 2.20 bits per heavy atom. The highest BCUT2D eigenvalue weighted by atomic mass is 19.2. The van der Waals surface area contributed by atoms with Crippen molar-refractivity contribution in [2.75, 3.05) is 0 Å². The predicted octanol–water partition coefficient (Wildman–Crippen LogP) is 2.32. The molecule has 1 aromatic carbocycles. The van der Waals surface area contributed by atoms with Gasteiger partial charge in [-0.05, 0) is 12.5 Å². The van der Waals surface area contributed by atoms with Gasteiger partial charge in [0.25, 0.3) is 0 Å². The average Bonchev–Trinajstić information content (AvgIpc) is 2.87. The van der Waals surface area contributed by atoms with E-state index in [1.807, 2.05) is 10.8 Å². The van der Waals surface area contributed by atoms with Gasteiger partial charge in [0.05, 0.1) is 6.04 Å². The van der Waals surface area contributed by atoms with E-state index in [2.05, 4.69) is 17.3 Å². The van der Waals surface area contributed by atoms with Crippen molar-refractivity contribution in [1.82, 2.24) is 15.0 Å². The molecule has 0 spiro atoms. The van der Waals surface area contributed by atoms with Gasteiger partial charge in [-0.3, -0.25) is 11.3 Å². The normalized spacial score (nSPS) is 12.6. The third-order valence-electron chi connectivity index (χ3n) is 3.21. The Kier molecular flexibility index (Phi) is 4.81. The molecule has 2 aromatic rings. The number of hydrazine groups is 1. The number of nitrogens with one attached hydrogen (secondary N) is 1. The summed E-state index contributed by atoms with van der Waals surface area (Å²) in [4.78, 5) is 4.25. The van der Waals surface area contributed by atoms with Crippen molar-refractivity contribution in [2.24, 2.45) is 5.84 Å². The molecule has 2 rings (SSSR count). The van der Waals surface area contributed by atoms with E-state index in [4.69, 9.17) is 5.84 Å². The lowest BCUT2D eigenvalue weighted by Crippen LogP contribution is -2.31. The van der Waals surface area contributed by atoms with E-state index in [0.29, 0.717) is 6.42 Å². The maximum absolute atomic E-state index is 13.8. The maximum Gasteiger partial charge on any atom is 0.163 e. The summed E-state index contributed by atoms with van der Waals surface area (Å²) >= 11 is 0. The summed E-state index contributed by atoms with van der Waals surface area (Å²) in [5.74, 6) is 4.53. The zero-order chi connectivity index (χ0) is 14.5. The van der Waals surface area contributed by atoms with Crippen LogP contribution in [0.15, 0.2) is 30.6 Å². The van der Waals surface area contributed by atoms with Crippen LogP contribution in [-0.2, 0) is 13.0 Å². The lowest BCUT2D eigenvalue weighted by Gasteiger charge is -2.17. The van der Waals surface area contributed by atoms with Crippen molar-refractivity contribution in [2.45, 2.75) is 32.4 Å². The second-order valence-corrected chi connectivity index (χ2v) is 4.60. The molecule has 108 valence electrons. The molecular formula is C14H18F2N4. The quantitative estimate of drug-likeness (QED) is 0.630. The van der Waals surface area contributed by atoms with Gasteiger partial charge < -0.3 is 4.57 Å². The first-order valence-corrected chi connectivity index (χ1v) is 6.57. The van der Waals surface area contributed by atoms with Gasteiger partial charge in [-0.2, -0.15) is 0 Å². The van der Waals surface area contributed by atoms with Gasteiger partial charge in [-0.25, -0.2) is 13.8 Å². The minimum absolute atomic E-state index is 0.207. The van der Waals surface area contributed by atoms with Crippen molar-refractivity contribution in [1.29, 1.82) is 0 Å². The third kappa shape index (κ3) is 3.02. The predicted molar refractivity (Wildman–Crippen MR) is 72.6 cm³/mol. The molecule has 1 heterocycles. The van der Waals surface area contributed by atoms with Crippen LogP contribution in [0.5, 0.6) is 0 Å². The van der Waals surface area contributed by atoms with Crippen LogP contribution in [0.25, 0.3) is 0 Å². The topological polar surface area (TPSA) is 55.9 Å². The number of hydrogen-bond donors (Lipinski definition) is 2. The minimum atomic E-state index is -0.875. The smallest absolute Gasteiger partial charge is 0.163 e.